The minimum absolute atomic E-state index is 0.160. The molecule has 0 saturated carbocycles. The van der Waals surface area contributed by atoms with Gasteiger partial charge in [-0.1, -0.05) is 38.0 Å². The summed E-state index contributed by atoms with van der Waals surface area (Å²) in [5.74, 6) is -0.338. The molecule has 1 aliphatic heterocycles. The number of nitrogens with one attached hydrogen (secondary N) is 2. The Morgan fingerprint density at radius 1 is 0.917 bits per heavy atom. The average Bonchev–Trinajstić information content (AvgIpc) is 2.93. The molecule has 1 aromatic heterocycles. The van der Waals surface area contributed by atoms with Gasteiger partial charge in [-0.15, -0.1) is 0 Å². The van der Waals surface area contributed by atoms with Crippen LogP contribution in [0.25, 0.3) is 0 Å². The van der Waals surface area contributed by atoms with Crippen molar-refractivity contribution in [2.24, 2.45) is 0 Å². The smallest absolute Gasteiger partial charge is 0.255 e. The van der Waals surface area contributed by atoms with E-state index in [0.29, 0.717) is 23.4 Å². The van der Waals surface area contributed by atoms with Crippen LogP contribution in [-0.4, -0.2) is 29.9 Å². The molecule has 4 rings (SSSR count). The Labute approximate surface area is 214 Å². The van der Waals surface area contributed by atoms with E-state index in [4.69, 9.17) is 0 Å². The first-order valence-corrected chi connectivity index (χ1v) is 13.1. The van der Waals surface area contributed by atoms with Crippen LogP contribution in [0.4, 0.5) is 11.4 Å². The van der Waals surface area contributed by atoms with Crippen molar-refractivity contribution in [3.63, 3.8) is 0 Å². The number of aromatic nitrogens is 1. The lowest BCUT2D eigenvalue weighted by Crippen LogP contribution is -2.32. The Kier molecular flexibility index (Phi) is 9.09. The molecule has 2 N–H and O–H groups in total. The maximum Gasteiger partial charge on any atom is 0.255 e. The van der Waals surface area contributed by atoms with E-state index in [0.717, 1.165) is 50.0 Å². The lowest BCUT2D eigenvalue weighted by molar-refractivity contribution is 0.0950. The maximum absolute atomic E-state index is 13.3. The largest absolute Gasteiger partial charge is 0.371 e. The SMILES string of the molecule is CCCCCc1ccc(C(=O)Nc2ccc(N3CCCCC3)c(C(=O)NCc3cccnc3)c2)cc1. The number of hydrogen-bond donors (Lipinski definition) is 2. The number of pyridine rings is 1. The Morgan fingerprint density at radius 2 is 1.72 bits per heavy atom. The van der Waals surface area contributed by atoms with Crippen LogP contribution in [0.3, 0.4) is 0 Å². The second kappa shape index (κ2) is 12.9. The molecule has 188 valence electrons. The molecule has 0 bridgehead atoms. The zero-order valence-electron chi connectivity index (χ0n) is 21.1. The third kappa shape index (κ3) is 6.94. The van der Waals surface area contributed by atoms with Gasteiger partial charge in [0.2, 0.25) is 0 Å². The second-order valence-electron chi connectivity index (χ2n) is 9.43. The van der Waals surface area contributed by atoms with Crippen molar-refractivity contribution < 1.29 is 9.59 Å². The molecule has 0 atom stereocenters. The number of amides is 2. The molecule has 6 heteroatoms. The predicted octanol–water partition coefficient (Wildman–Crippen LogP) is 5.99. The second-order valence-corrected chi connectivity index (χ2v) is 9.43. The molecular formula is C30H36N4O2. The molecule has 6 nitrogen and oxygen atoms in total. The van der Waals surface area contributed by atoms with E-state index in [1.165, 1.54) is 24.8 Å². The van der Waals surface area contributed by atoms with Crippen LogP contribution in [0.15, 0.2) is 67.0 Å². The number of rotatable bonds is 10. The van der Waals surface area contributed by atoms with Gasteiger partial charge >= 0.3 is 0 Å². The van der Waals surface area contributed by atoms with Gasteiger partial charge in [0.25, 0.3) is 11.8 Å². The van der Waals surface area contributed by atoms with E-state index in [2.05, 4.69) is 27.4 Å². The van der Waals surface area contributed by atoms with Crippen LogP contribution < -0.4 is 15.5 Å². The van der Waals surface area contributed by atoms with Crippen LogP contribution in [-0.2, 0) is 13.0 Å². The van der Waals surface area contributed by atoms with E-state index in [1.807, 2.05) is 48.5 Å². The molecule has 0 radical (unpaired) electrons. The molecule has 1 fully saturated rings. The molecule has 0 unspecified atom stereocenters. The minimum Gasteiger partial charge on any atom is -0.371 e. The molecular weight excluding hydrogens is 448 g/mol. The van der Waals surface area contributed by atoms with Crippen LogP contribution in [0.2, 0.25) is 0 Å². The Hall–Kier alpha value is -3.67. The van der Waals surface area contributed by atoms with Crippen LogP contribution in [0, 0.1) is 0 Å². The summed E-state index contributed by atoms with van der Waals surface area (Å²) in [5, 5.41) is 6.00. The quantitative estimate of drug-likeness (QED) is 0.347. The number of carbonyl (C=O) groups excluding carboxylic acids is 2. The summed E-state index contributed by atoms with van der Waals surface area (Å²) in [6.07, 6.45) is 11.5. The summed E-state index contributed by atoms with van der Waals surface area (Å²) in [7, 11) is 0. The van der Waals surface area contributed by atoms with E-state index in [1.54, 1.807) is 18.5 Å². The molecule has 0 spiro atoms. The number of nitrogens with zero attached hydrogens (tertiary/aromatic N) is 2. The van der Waals surface area contributed by atoms with E-state index in [-0.39, 0.29) is 11.8 Å². The Morgan fingerprint density at radius 3 is 2.44 bits per heavy atom. The number of benzene rings is 2. The molecule has 2 amide bonds. The van der Waals surface area contributed by atoms with Gasteiger partial charge in [-0.3, -0.25) is 14.6 Å². The monoisotopic (exact) mass is 484 g/mol. The highest BCUT2D eigenvalue weighted by Gasteiger charge is 2.20. The van der Waals surface area contributed by atoms with Gasteiger partial charge in [0.1, 0.15) is 0 Å². The summed E-state index contributed by atoms with van der Waals surface area (Å²) in [4.78, 5) is 32.6. The summed E-state index contributed by atoms with van der Waals surface area (Å²) < 4.78 is 0. The number of hydrogen-bond acceptors (Lipinski definition) is 4. The lowest BCUT2D eigenvalue weighted by Gasteiger charge is -2.30. The first-order chi connectivity index (χ1) is 17.6. The fraction of sp³-hybridized carbons (Fsp3) is 0.367. The van der Waals surface area contributed by atoms with Crippen molar-refractivity contribution in [1.82, 2.24) is 10.3 Å². The molecule has 3 aromatic rings. The van der Waals surface area contributed by atoms with E-state index >= 15 is 0 Å². The summed E-state index contributed by atoms with van der Waals surface area (Å²) >= 11 is 0. The molecule has 0 aliphatic carbocycles. The zero-order chi connectivity index (χ0) is 25.2. The first kappa shape index (κ1) is 25.4. The minimum atomic E-state index is -0.178. The standard InChI is InChI=1S/C30H36N4O2/c1-2-3-5-9-23-11-13-25(14-12-23)29(35)33-26-15-16-28(34-18-6-4-7-19-34)27(20-26)30(36)32-22-24-10-8-17-31-21-24/h8,10-17,20-21H,2-7,9,18-19,22H2,1H3,(H,32,36)(H,33,35). The molecule has 2 heterocycles. The summed E-state index contributed by atoms with van der Waals surface area (Å²) in [5.41, 5.74) is 4.89. The highest BCUT2D eigenvalue weighted by atomic mass is 16.2. The Balaban J connectivity index is 1.48. The van der Waals surface area contributed by atoms with Gasteiger partial charge < -0.3 is 15.5 Å². The van der Waals surface area contributed by atoms with Crippen molar-refractivity contribution in [2.45, 2.75) is 58.4 Å². The number of anilines is 2. The van der Waals surface area contributed by atoms with Crippen LogP contribution in [0.1, 0.15) is 77.3 Å². The van der Waals surface area contributed by atoms with Crippen LogP contribution >= 0.6 is 0 Å². The number of carbonyl (C=O) groups is 2. The molecule has 1 aliphatic rings. The van der Waals surface area contributed by atoms with Gasteiger partial charge in [-0.05, 0) is 79.6 Å². The fourth-order valence-electron chi connectivity index (χ4n) is 4.59. The van der Waals surface area contributed by atoms with Gasteiger partial charge in [0, 0.05) is 49.0 Å². The third-order valence-corrected chi connectivity index (χ3v) is 6.66. The highest BCUT2D eigenvalue weighted by Crippen LogP contribution is 2.28. The lowest BCUT2D eigenvalue weighted by atomic mass is 10.0. The number of unbranched alkanes of at least 4 members (excludes halogenated alkanes) is 2. The molecule has 2 aromatic carbocycles. The van der Waals surface area contributed by atoms with E-state index < -0.39 is 0 Å². The summed E-state index contributed by atoms with van der Waals surface area (Å²) in [6.45, 7) is 4.45. The molecule has 36 heavy (non-hydrogen) atoms. The first-order valence-electron chi connectivity index (χ1n) is 13.1. The fourth-order valence-corrected chi connectivity index (χ4v) is 4.59. The maximum atomic E-state index is 13.3. The van der Waals surface area contributed by atoms with Crippen LogP contribution in [0.5, 0.6) is 0 Å². The van der Waals surface area contributed by atoms with Gasteiger partial charge in [-0.2, -0.15) is 0 Å². The van der Waals surface area contributed by atoms with Gasteiger partial charge in [0.15, 0.2) is 0 Å². The summed E-state index contributed by atoms with van der Waals surface area (Å²) in [6, 6.07) is 17.2. The topological polar surface area (TPSA) is 74.3 Å². The average molecular weight is 485 g/mol. The van der Waals surface area contributed by atoms with Crippen molar-refractivity contribution in [1.29, 1.82) is 0 Å². The normalized spacial score (nSPS) is 13.3. The molecule has 1 saturated heterocycles. The number of aryl methyl sites for hydroxylation is 1. The van der Waals surface area contributed by atoms with Crippen molar-refractivity contribution >= 4 is 23.2 Å². The Bertz CT molecular complexity index is 1140. The zero-order valence-corrected chi connectivity index (χ0v) is 21.1. The van der Waals surface area contributed by atoms with Gasteiger partial charge in [-0.25, -0.2) is 0 Å². The number of piperidine rings is 1. The van der Waals surface area contributed by atoms with Crippen molar-refractivity contribution in [3.8, 4) is 0 Å². The van der Waals surface area contributed by atoms with E-state index in [9.17, 15) is 9.59 Å². The highest BCUT2D eigenvalue weighted by molar-refractivity contribution is 6.06. The third-order valence-electron chi connectivity index (χ3n) is 6.66. The predicted molar refractivity (Wildman–Crippen MR) is 146 cm³/mol. The van der Waals surface area contributed by atoms with Crippen molar-refractivity contribution in [2.75, 3.05) is 23.3 Å². The van der Waals surface area contributed by atoms with Gasteiger partial charge in [0.05, 0.1) is 5.56 Å². The van der Waals surface area contributed by atoms with Crippen molar-refractivity contribution in [3.05, 3.63) is 89.2 Å².